The topological polar surface area (TPSA) is 217 Å². The Labute approximate surface area is 359 Å². The molecule has 61 heavy (non-hydrogen) atoms. The van der Waals surface area contributed by atoms with Gasteiger partial charge >= 0.3 is 22.5 Å². The Morgan fingerprint density at radius 2 is 1.26 bits per heavy atom. The Morgan fingerprint density at radius 1 is 0.721 bits per heavy atom. The van der Waals surface area contributed by atoms with Gasteiger partial charge in [0, 0.05) is 75.1 Å². The van der Waals surface area contributed by atoms with Crippen LogP contribution < -0.4 is 22.4 Å². The van der Waals surface area contributed by atoms with Crippen molar-refractivity contribution in [3.8, 4) is 0 Å². The molecule has 0 bridgehead atoms. The van der Waals surface area contributed by atoms with Gasteiger partial charge in [0.25, 0.3) is 5.56 Å². The number of nitrogens with two attached hydrogens (primary N) is 1. The lowest BCUT2D eigenvalue weighted by Gasteiger charge is -2.30. The minimum absolute atomic E-state index is 0. The lowest BCUT2D eigenvalue weighted by atomic mass is 9.90. The van der Waals surface area contributed by atoms with Crippen molar-refractivity contribution >= 4 is 22.8 Å². The third-order valence-electron chi connectivity index (χ3n) is 10.9. The highest BCUT2D eigenvalue weighted by Gasteiger charge is 2.50. The first kappa shape index (κ1) is 53.7. The maximum absolute atomic E-state index is 11.9. The molecule has 18 heteroatoms. The smallest absolute Gasteiger partial charge is 0.334 e. The van der Waals surface area contributed by atoms with Gasteiger partial charge in [-0.15, -0.1) is 0 Å². The predicted octanol–water partition coefficient (Wildman–Crippen LogP) is 6.00. The molecule has 0 atom stereocenters. The van der Waals surface area contributed by atoms with Gasteiger partial charge in [0.2, 0.25) is 0 Å². The molecule has 7 rings (SSSR count). The molecule has 3 aromatic rings. The number of aromatic nitrogens is 3. The van der Waals surface area contributed by atoms with Gasteiger partial charge < -0.3 is 39.5 Å². The highest BCUT2D eigenvalue weighted by atomic mass is 16.7. The third-order valence-corrected chi connectivity index (χ3v) is 10.9. The molecule has 4 aliphatic rings. The van der Waals surface area contributed by atoms with E-state index in [0.29, 0.717) is 11.7 Å². The van der Waals surface area contributed by atoms with Gasteiger partial charge in [0.05, 0.1) is 26.7 Å². The fourth-order valence-electron chi connectivity index (χ4n) is 6.47. The monoisotopic (exact) mass is 856 g/mol. The average molecular weight is 856 g/mol. The Balaban J connectivity index is 0.000000406. The first-order valence-electron chi connectivity index (χ1n) is 19.3. The van der Waals surface area contributed by atoms with E-state index in [2.05, 4.69) is 67.6 Å². The van der Waals surface area contributed by atoms with Crippen LogP contribution in [-0.4, -0.2) is 117 Å². The number of likely N-dealkylation sites (N-methyl/N-ethyl adjacent to an activating group) is 2. The molecular weight excluding hydrogens is 787 g/mol. The Kier molecular flexibility index (Phi) is 20.8. The first-order valence-corrected chi connectivity index (χ1v) is 19.3. The third kappa shape index (κ3) is 14.4. The van der Waals surface area contributed by atoms with E-state index in [-0.39, 0.29) is 51.0 Å². The summed E-state index contributed by atoms with van der Waals surface area (Å²) in [7, 11) is 6.24. The summed E-state index contributed by atoms with van der Waals surface area (Å²) < 4.78 is 15.2. The highest BCUT2D eigenvalue weighted by molar-refractivity contribution is 5.48. The second-order valence-electron chi connectivity index (χ2n) is 15.8. The van der Waals surface area contributed by atoms with E-state index in [1.165, 1.54) is 34.5 Å². The SMILES string of the molecule is C.C.C.CN1CC=C(C2OC(C)(C)C(C)(C)O2)CC1.CN1CC=C(n2cccc([N+](=O)[O-])c2=O)CC1.CN1CCC(n2cccc(N)c2=O)CC1.O=c1[nH]cccc1[N+](=O)[O-]. The van der Waals surface area contributed by atoms with Crippen LogP contribution in [0.3, 0.4) is 0 Å². The standard InChI is InChI=1S/C13H23NO2.C11H13N3O3.C11H17N3O.C5H4N2O3.3CH4/c1-12(2)13(3,4)16-11(15-12)10-6-8-14(5)9-7-10;1-12-7-4-9(5-8-12)13-6-2-3-10(11(13)15)14(16)17;1-13-7-4-9(5-8-13)14-6-2-3-10(12)11(14)15;8-5-4(7(9)10)2-1-3-6-5;;;/h6,11H,7-9H2,1-5H3;2-4,6H,5,7-8H2,1H3;2-3,6,9H,4-5,7-8,12H2,1H3;1-3H,(H,6,8);3*1H4. The van der Waals surface area contributed by atoms with E-state index >= 15 is 0 Å². The molecule has 18 nitrogen and oxygen atoms in total. The van der Waals surface area contributed by atoms with Crippen molar-refractivity contribution in [3.05, 3.63) is 124 Å². The summed E-state index contributed by atoms with van der Waals surface area (Å²) in [6.45, 7) is 14.2. The van der Waals surface area contributed by atoms with Gasteiger partial charge in [-0.3, -0.25) is 39.2 Å². The molecule has 0 unspecified atom stereocenters. The van der Waals surface area contributed by atoms with Gasteiger partial charge in [0.1, 0.15) is 0 Å². The molecule has 0 amide bonds. The number of nitrogen functional groups attached to an aromatic ring is 1. The van der Waals surface area contributed by atoms with Crippen LogP contribution in [0.1, 0.15) is 81.7 Å². The van der Waals surface area contributed by atoms with E-state index in [1.54, 1.807) is 16.8 Å². The van der Waals surface area contributed by atoms with Gasteiger partial charge in [0.15, 0.2) is 6.29 Å². The van der Waals surface area contributed by atoms with Gasteiger partial charge in [-0.05, 0) is 111 Å². The minimum Gasteiger partial charge on any atom is -0.394 e. The molecule has 0 spiro atoms. The average Bonchev–Trinajstić information content (AvgIpc) is 3.40. The Hall–Kier alpha value is -5.27. The van der Waals surface area contributed by atoms with Crippen molar-refractivity contribution in [1.82, 2.24) is 28.8 Å². The van der Waals surface area contributed by atoms with Crippen LogP contribution in [0.2, 0.25) is 0 Å². The number of aromatic amines is 1. The van der Waals surface area contributed by atoms with Crippen LogP contribution in [0.25, 0.3) is 5.70 Å². The highest BCUT2D eigenvalue weighted by Crippen LogP contribution is 2.41. The summed E-state index contributed by atoms with van der Waals surface area (Å²) in [6.07, 6.45) is 12.6. The second-order valence-corrected chi connectivity index (χ2v) is 15.8. The number of nitro groups is 2. The summed E-state index contributed by atoms with van der Waals surface area (Å²) in [5, 5.41) is 20.7. The zero-order valence-electron chi connectivity index (χ0n) is 34.5. The fourth-order valence-corrected chi connectivity index (χ4v) is 6.47. The van der Waals surface area contributed by atoms with Gasteiger partial charge in [-0.25, -0.2) is 0 Å². The molecule has 4 aliphatic heterocycles. The molecular formula is C43H69N9O9. The van der Waals surface area contributed by atoms with E-state index in [4.69, 9.17) is 15.2 Å². The Bertz CT molecular complexity index is 2120. The number of nitrogens with one attached hydrogen (secondary N) is 1. The molecule has 2 saturated heterocycles. The van der Waals surface area contributed by atoms with Crippen LogP contribution in [-0.2, 0) is 9.47 Å². The van der Waals surface area contributed by atoms with Crippen LogP contribution in [0.5, 0.6) is 0 Å². The van der Waals surface area contributed by atoms with Crippen LogP contribution in [0, 0.1) is 20.2 Å². The number of hydrogen-bond donors (Lipinski definition) is 2. The molecule has 0 saturated carbocycles. The normalized spacial score (nSPS) is 18.9. The lowest BCUT2D eigenvalue weighted by Crippen LogP contribution is -2.41. The quantitative estimate of drug-likeness (QED) is 0.171. The first-order chi connectivity index (χ1) is 27.3. The Morgan fingerprint density at radius 3 is 1.75 bits per heavy atom. The molecule has 7 heterocycles. The molecule has 0 radical (unpaired) electrons. The zero-order valence-corrected chi connectivity index (χ0v) is 34.5. The van der Waals surface area contributed by atoms with E-state index in [9.17, 15) is 34.6 Å². The molecule has 0 aliphatic carbocycles. The molecule has 3 N–H and O–H groups in total. The summed E-state index contributed by atoms with van der Waals surface area (Å²) in [5.41, 5.74) is 5.55. The summed E-state index contributed by atoms with van der Waals surface area (Å²) in [6, 6.07) is 9.13. The fraction of sp³-hybridized carbons (Fsp3) is 0.558. The van der Waals surface area contributed by atoms with E-state index < -0.39 is 26.7 Å². The largest absolute Gasteiger partial charge is 0.394 e. The number of H-pyrrole nitrogens is 1. The number of rotatable bonds is 5. The number of nitrogens with zero attached hydrogens (tertiary/aromatic N) is 7. The van der Waals surface area contributed by atoms with Crippen LogP contribution in [0.15, 0.2) is 87.1 Å². The van der Waals surface area contributed by atoms with Crippen molar-refractivity contribution in [3.63, 3.8) is 0 Å². The van der Waals surface area contributed by atoms with Crippen molar-refractivity contribution in [2.75, 3.05) is 66.1 Å². The van der Waals surface area contributed by atoms with E-state index in [0.717, 1.165) is 76.7 Å². The van der Waals surface area contributed by atoms with Crippen molar-refractivity contribution < 1.29 is 19.3 Å². The minimum atomic E-state index is -0.723. The molecule has 340 valence electrons. The molecule has 3 aromatic heterocycles. The van der Waals surface area contributed by atoms with Crippen molar-refractivity contribution in [2.45, 2.75) is 99.2 Å². The lowest BCUT2D eigenvalue weighted by molar-refractivity contribution is -0.386. The van der Waals surface area contributed by atoms with Crippen LogP contribution in [0.4, 0.5) is 17.1 Å². The van der Waals surface area contributed by atoms with Crippen molar-refractivity contribution in [2.24, 2.45) is 0 Å². The maximum Gasteiger partial charge on any atom is 0.334 e. The number of hydrogen-bond acceptors (Lipinski definition) is 13. The molecule has 2 fully saturated rings. The van der Waals surface area contributed by atoms with Gasteiger partial charge in [-0.1, -0.05) is 34.4 Å². The number of piperidine rings is 1. The zero-order chi connectivity index (χ0) is 42.8. The predicted molar refractivity (Wildman–Crippen MR) is 243 cm³/mol. The number of anilines is 1. The number of ether oxygens (including phenoxy) is 2. The van der Waals surface area contributed by atoms with Crippen LogP contribution >= 0.6 is 0 Å². The van der Waals surface area contributed by atoms with E-state index in [1.807, 2.05) is 25.4 Å². The number of likely N-dealkylation sites (tertiary alicyclic amines) is 1. The summed E-state index contributed by atoms with van der Waals surface area (Å²) >= 11 is 0. The number of pyridine rings is 3. The molecule has 0 aromatic carbocycles. The van der Waals surface area contributed by atoms with Crippen molar-refractivity contribution in [1.29, 1.82) is 0 Å². The summed E-state index contributed by atoms with van der Waals surface area (Å²) in [4.78, 5) is 62.4. The summed E-state index contributed by atoms with van der Waals surface area (Å²) in [5.74, 6) is 0. The maximum atomic E-state index is 11.9. The second kappa shape index (κ2) is 23.7. The van der Waals surface area contributed by atoms with Gasteiger partial charge in [-0.2, -0.15) is 0 Å².